The van der Waals surface area contributed by atoms with Gasteiger partial charge in [-0.2, -0.15) is 0 Å². The molecule has 0 N–H and O–H groups in total. The molecule has 0 bridgehead atoms. The van der Waals surface area contributed by atoms with Gasteiger partial charge < -0.3 is 4.74 Å². The molecule has 0 amide bonds. The number of allylic oxidation sites excluding steroid dienone is 1. The Morgan fingerprint density at radius 1 is 1.44 bits per heavy atom. The fourth-order valence-electron chi connectivity index (χ4n) is 2.86. The Labute approximate surface area is 99.1 Å². The molecule has 1 aliphatic carbocycles. The van der Waals surface area contributed by atoms with Crippen molar-refractivity contribution in [1.82, 2.24) is 0 Å². The van der Waals surface area contributed by atoms with E-state index < -0.39 is 0 Å². The third-order valence-electron chi connectivity index (χ3n) is 4.17. The lowest BCUT2D eigenvalue weighted by atomic mass is 9.68. The molecule has 0 aromatic carbocycles. The Bertz CT molecular complexity index is 270. The van der Waals surface area contributed by atoms with Crippen LogP contribution in [0.4, 0.5) is 0 Å². The van der Waals surface area contributed by atoms with Crippen LogP contribution >= 0.6 is 0 Å². The number of carbonyl (C=O) groups is 1. The van der Waals surface area contributed by atoms with Gasteiger partial charge >= 0.3 is 5.97 Å². The van der Waals surface area contributed by atoms with Crippen molar-refractivity contribution in [2.75, 3.05) is 7.11 Å². The lowest BCUT2D eigenvalue weighted by Crippen LogP contribution is -2.32. The average Bonchev–Trinajstić information content (AvgIpc) is 2.27. The fraction of sp³-hybridized carbons (Fsp3) is 0.786. The predicted octanol–water partition coefficient (Wildman–Crippen LogP) is 3.42. The molecule has 0 spiro atoms. The minimum Gasteiger partial charge on any atom is -0.469 e. The highest BCUT2D eigenvalue weighted by Crippen LogP contribution is 2.40. The van der Waals surface area contributed by atoms with Crippen LogP contribution in [0.5, 0.6) is 0 Å². The van der Waals surface area contributed by atoms with E-state index in [0.717, 1.165) is 6.42 Å². The van der Waals surface area contributed by atoms with E-state index in [1.54, 1.807) is 0 Å². The molecule has 0 radical (unpaired) electrons. The predicted molar refractivity (Wildman–Crippen MR) is 66.0 cm³/mol. The van der Waals surface area contributed by atoms with Crippen molar-refractivity contribution in [3.63, 3.8) is 0 Å². The monoisotopic (exact) mass is 224 g/mol. The summed E-state index contributed by atoms with van der Waals surface area (Å²) in [5.74, 6) is 1.60. The summed E-state index contributed by atoms with van der Waals surface area (Å²) in [6.07, 6.45) is 3.51. The zero-order chi connectivity index (χ0) is 12.3. The molecule has 16 heavy (non-hydrogen) atoms. The van der Waals surface area contributed by atoms with Gasteiger partial charge in [0.1, 0.15) is 0 Å². The van der Waals surface area contributed by atoms with Gasteiger partial charge in [0, 0.05) is 0 Å². The Morgan fingerprint density at radius 3 is 2.56 bits per heavy atom. The van der Waals surface area contributed by atoms with E-state index in [1.165, 1.54) is 25.5 Å². The Hall–Kier alpha value is -0.790. The fourth-order valence-corrected chi connectivity index (χ4v) is 2.86. The molecule has 2 heteroatoms. The van der Waals surface area contributed by atoms with Crippen molar-refractivity contribution in [3.8, 4) is 0 Å². The van der Waals surface area contributed by atoms with Gasteiger partial charge in [0.05, 0.1) is 13.0 Å². The number of methoxy groups -OCH3 is 1. The average molecular weight is 224 g/mol. The molecule has 0 heterocycles. The van der Waals surface area contributed by atoms with Crippen molar-refractivity contribution in [3.05, 3.63) is 12.2 Å². The van der Waals surface area contributed by atoms with E-state index in [9.17, 15) is 4.79 Å². The summed E-state index contributed by atoms with van der Waals surface area (Å²) >= 11 is 0. The van der Waals surface area contributed by atoms with Gasteiger partial charge in [-0.15, -0.1) is 0 Å². The largest absolute Gasteiger partial charge is 0.469 e. The quantitative estimate of drug-likeness (QED) is 0.542. The molecule has 0 saturated heterocycles. The summed E-state index contributed by atoms with van der Waals surface area (Å²) in [5.41, 5.74) is 1.26. The van der Waals surface area contributed by atoms with Crippen LogP contribution in [0.2, 0.25) is 0 Å². The van der Waals surface area contributed by atoms with Crippen molar-refractivity contribution in [1.29, 1.82) is 0 Å². The molecule has 1 saturated carbocycles. The van der Waals surface area contributed by atoms with Crippen LogP contribution in [0.15, 0.2) is 12.2 Å². The van der Waals surface area contributed by atoms with E-state index >= 15 is 0 Å². The molecule has 2 unspecified atom stereocenters. The van der Waals surface area contributed by atoms with Crippen molar-refractivity contribution >= 4 is 5.97 Å². The molecule has 92 valence electrons. The molecule has 1 aliphatic rings. The van der Waals surface area contributed by atoms with E-state index in [-0.39, 0.29) is 11.9 Å². The molecule has 2 nitrogen and oxygen atoms in total. The first-order valence-corrected chi connectivity index (χ1v) is 6.20. The first-order valence-electron chi connectivity index (χ1n) is 6.20. The third-order valence-corrected chi connectivity index (χ3v) is 4.17. The summed E-state index contributed by atoms with van der Waals surface area (Å²) in [6.45, 7) is 10.4. The summed E-state index contributed by atoms with van der Waals surface area (Å²) in [7, 11) is 1.47. The summed E-state index contributed by atoms with van der Waals surface area (Å²) in [6, 6.07) is 0. The van der Waals surface area contributed by atoms with Crippen molar-refractivity contribution in [2.24, 2.45) is 23.7 Å². The lowest BCUT2D eigenvalue weighted by molar-refractivity contribution is -0.148. The minimum atomic E-state index is -0.0702. The highest BCUT2D eigenvalue weighted by Gasteiger charge is 2.35. The van der Waals surface area contributed by atoms with Crippen LogP contribution in [-0.2, 0) is 9.53 Å². The molecule has 0 aromatic rings. The Balaban J connectivity index is 2.69. The van der Waals surface area contributed by atoms with Gasteiger partial charge in [0.2, 0.25) is 0 Å². The van der Waals surface area contributed by atoms with E-state index in [0.29, 0.717) is 17.8 Å². The summed E-state index contributed by atoms with van der Waals surface area (Å²) in [5, 5.41) is 0. The van der Waals surface area contributed by atoms with Crippen LogP contribution in [-0.4, -0.2) is 13.1 Å². The first kappa shape index (κ1) is 13.3. The number of esters is 1. The van der Waals surface area contributed by atoms with Gasteiger partial charge in [-0.25, -0.2) is 0 Å². The molecule has 4 atom stereocenters. The van der Waals surface area contributed by atoms with Crippen LogP contribution in [0.3, 0.4) is 0 Å². The first-order chi connectivity index (χ1) is 7.47. The highest BCUT2D eigenvalue weighted by molar-refractivity contribution is 5.72. The van der Waals surface area contributed by atoms with Crippen LogP contribution in [0.25, 0.3) is 0 Å². The minimum absolute atomic E-state index is 0.0159. The summed E-state index contributed by atoms with van der Waals surface area (Å²) < 4.78 is 4.85. The van der Waals surface area contributed by atoms with Crippen LogP contribution in [0.1, 0.15) is 40.0 Å². The SMILES string of the molecule is C=C(C)[C@@H]1CC[C@@H](C)C(C(C)C(=O)OC)C1. The van der Waals surface area contributed by atoms with E-state index in [2.05, 4.69) is 20.4 Å². The number of hydrogen-bond donors (Lipinski definition) is 0. The maximum absolute atomic E-state index is 11.6. The molecule has 1 rings (SSSR count). The molecule has 1 fully saturated rings. The second-order valence-corrected chi connectivity index (χ2v) is 5.31. The molecular weight excluding hydrogens is 200 g/mol. The maximum Gasteiger partial charge on any atom is 0.308 e. The highest BCUT2D eigenvalue weighted by atomic mass is 16.5. The standard InChI is InChI=1S/C14H24O2/c1-9(2)12-7-6-10(3)13(8-12)11(4)14(15)16-5/h10-13H,1,6-8H2,2-5H3/t10-,11?,12-,13?/m1/s1. The normalized spacial score (nSPS) is 31.9. The lowest BCUT2D eigenvalue weighted by Gasteiger charge is -2.37. The number of rotatable bonds is 3. The van der Waals surface area contributed by atoms with E-state index in [4.69, 9.17) is 4.74 Å². The van der Waals surface area contributed by atoms with Gasteiger partial charge in [-0.05, 0) is 43.9 Å². The second-order valence-electron chi connectivity index (χ2n) is 5.31. The van der Waals surface area contributed by atoms with Crippen LogP contribution < -0.4 is 0 Å². The zero-order valence-electron chi connectivity index (χ0n) is 11.0. The maximum atomic E-state index is 11.6. The molecular formula is C14H24O2. The van der Waals surface area contributed by atoms with Gasteiger partial charge in [-0.1, -0.05) is 26.0 Å². The van der Waals surface area contributed by atoms with Crippen molar-refractivity contribution < 1.29 is 9.53 Å². The molecule has 0 aromatic heterocycles. The smallest absolute Gasteiger partial charge is 0.308 e. The zero-order valence-corrected chi connectivity index (χ0v) is 11.0. The summed E-state index contributed by atoms with van der Waals surface area (Å²) in [4.78, 5) is 11.6. The number of carbonyl (C=O) groups excluding carboxylic acids is 1. The number of hydrogen-bond acceptors (Lipinski definition) is 2. The Morgan fingerprint density at radius 2 is 2.06 bits per heavy atom. The topological polar surface area (TPSA) is 26.3 Å². The van der Waals surface area contributed by atoms with Crippen LogP contribution in [0, 0.1) is 23.7 Å². The van der Waals surface area contributed by atoms with Gasteiger partial charge in [0.15, 0.2) is 0 Å². The Kier molecular flexibility index (Phi) is 4.57. The second kappa shape index (κ2) is 5.51. The molecule has 0 aliphatic heterocycles. The van der Waals surface area contributed by atoms with Gasteiger partial charge in [0.25, 0.3) is 0 Å². The third kappa shape index (κ3) is 2.87. The van der Waals surface area contributed by atoms with E-state index in [1.807, 2.05) is 6.92 Å². The van der Waals surface area contributed by atoms with Gasteiger partial charge in [-0.3, -0.25) is 4.79 Å². The number of ether oxygens (including phenoxy) is 1. The van der Waals surface area contributed by atoms with Crippen molar-refractivity contribution in [2.45, 2.75) is 40.0 Å².